The number of hydrogen-bond acceptors (Lipinski definition) is 3. The summed E-state index contributed by atoms with van der Waals surface area (Å²) in [5.41, 5.74) is 1.14. The number of nitrogens with zero attached hydrogens (tertiary/aromatic N) is 1. The van der Waals surface area contributed by atoms with Gasteiger partial charge in [0.25, 0.3) is 0 Å². The molecule has 1 aliphatic heterocycles. The molecule has 5 nitrogen and oxygen atoms in total. The fourth-order valence-corrected chi connectivity index (χ4v) is 3.70. The number of anilines is 1. The number of hydrogen-bond donors (Lipinski definition) is 2. The van der Waals surface area contributed by atoms with Crippen LogP contribution in [-0.2, 0) is 16.0 Å². The molecule has 1 aromatic rings. The minimum absolute atomic E-state index is 0.0166. The lowest BCUT2D eigenvalue weighted by Gasteiger charge is -2.30. The van der Waals surface area contributed by atoms with Crippen LogP contribution in [0.4, 0.5) is 5.69 Å². The van der Waals surface area contributed by atoms with Gasteiger partial charge >= 0.3 is 0 Å². The molecule has 0 unspecified atom stereocenters. The molecule has 1 aromatic carbocycles. The van der Waals surface area contributed by atoms with Crippen LogP contribution in [0, 0.1) is 0 Å². The number of para-hydroxylation sites is 1. The Morgan fingerprint density at radius 1 is 1.12 bits per heavy atom. The van der Waals surface area contributed by atoms with Crippen molar-refractivity contribution in [3.05, 3.63) is 29.8 Å². The number of benzene rings is 1. The Balaban J connectivity index is 1.59. The molecule has 130 valence electrons. The van der Waals surface area contributed by atoms with Gasteiger partial charge in [0.05, 0.1) is 5.60 Å². The average Bonchev–Trinajstić information content (AvgIpc) is 2.81. The molecule has 24 heavy (non-hydrogen) atoms. The van der Waals surface area contributed by atoms with Crippen LogP contribution >= 0.6 is 0 Å². The number of nitrogens with one attached hydrogen (secondary N) is 1. The number of aryl methyl sites for hydroxylation is 1. The predicted molar refractivity (Wildman–Crippen MR) is 92.8 cm³/mol. The van der Waals surface area contributed by atoms with Gasteiger partial charge in [-0.15, -0.1) is 0 Å². The zero-order chi connectivity index (χ0) is 17.0. The molecular formula is C19H26N2O3. The number of fused-ring (bicyclic) bond motifs is 1. The van der Waals surface area contributed by atoms with Crippen LogP contribution in [0.25, 0.3) is 0 Å². The van der Waals surface area contributed by atoms with Gasteiger partial charge in [-0.25, -0.2) is 0 Å². The van der Waals surface area contributed by atoms with Crippen molar-refractivity contribution in [1.29, 1.82) is 0 Å². The molecule has 0 radical (unpaired) electrons. The summed E-state index contributed by atoms with van der Waals surface area (Å²) in [6.07, 6.45) is 6.94. The number of aliphatic hydroxyl groups is 1. The van der Waals surface area contributed by atoms with Gasteiger partial charge in [-0.05, 0) is 30.9 Å². The third-order valence-electron chi connectivity index (χ3n) is 5.14. The molecule has 2 amide bonds. The van der Waals surface area contributed by atoms with E-state index in [1.807, 2.05) is 24.3 Å². The highest BCUT2D eigenvalue weighted by atomic mass is 16.3. The lowest BCUT2D eigenvalue weighted by Crippen LogP contribution is -2.47. The first-order chi connectivity index (χ1) is 11.6. The predicted octanol–water partition coefficient (Wildman–Crippen LogP) is 2.17. The summed E-state index contributed by atoms with van der Waals surface area (Å²) in [7, 11) is 0. The largest absolute Gasteiger partial charge is 0.388 e. The summed E-state index contributed by atoms with van der Waals surface area (Å²) in [4.78, 5) is 26.1. The molecule has 2 aliphatic rings. The standard InChI is InChI=1S/C19H26N2O3/c22-17(20-14-19(24)11-5-1-2-6-12-19)13-21-16-8-4-3-7-15(16)9-10-18(21)23/h3-4,7-8,24H,1-2,5-6,9-14H2,(H,20,22). The first-order valence-electron chi connectivity index (χ1n) is 8.95. The van der Waals surface area contributed by atoms with Gasteiger partial charge < -0.3 is 15.3 Å². The minimum Gasteiger partial charge on any atom is -0.388 e. The molecule has 0 saturated heterocycles. The van der Waals surface area contributed by atoms with Gasteiger partial charge in [0, 0.05) is 18.7 Å². The third-order valence-corrected chi connectivity index (χ3v) is 5.14. The Hall–Kier alpha value is -1.88. The summed E-state index contributed by atoms with van der Waals surface area (Å²) in [5, 5.41) is 13.5. The van der Waals surface area contributed by atoms with Crippen molar-refractivity contribution in [2.45, 2.75) is 57.0 Å². The van der Waals surface area contributed by atoms with E-state index < -0.39 is 5.60 Å². The maximum absolute atomic E-state index is 12.3. The van der Waals surface area contributed by atoms with E-state index in [0.717, 1.165) is 56.2 Å². The van der Waals surface area contributed by atoms with Gasteiger partial charge in [0.2, 0.25) is 11.8 Å². The van der Waals surface area contributed by atoms with Crippen LogP contribution in [0.5, 0.6) is 0 Å². The summed E-state index contributed by atoms with van der Waals surface area (Å²) >= 11 is 0. The van der Waals surface area contributed by atoms with Crippen molar-refractivity contribution in [2.24, 2.45) is 0 Å². The molecule has 1 fully saturated rings. The third kappa shape index (κ3) is 3.96. The van der Waals surface area contributed by atoms with Crippen molar-refractivity contribution in [1.82, 2.24) is 5.32 Å². The van der Waals surface area contributed by atoms with Gasteiger partial charge in [0.1, 0.15) is 6.54 Å². The Morgan fingerprint density at radius 2 is 1.83 bits per heavy atom. The quantitative estimate of drug-likeness (QED) is 0.831. The molecule has 1 saturated carbocycles. The highest BCUT2D eigenvalue weighted by Crippen LogP contribution is 2.28. The molecule has 3 rings (SSSR count). The molecule has 2 N–H and O–H groups in total. The minimum atomic E-state index is -0.796. The highest BCUT2D eigenvalue weighted by Gasteiger charge is 2.30. The molecule has 1 aliphatic carbocycles. The van der Waals surface area contributed by atoms with E-state index in [2.05, 4.69) is 5.32 Å². The van der Waals surface area contributed by atoms with Crippen LogP contribution in [0.3, 0.4) is 0 Å². The van der Waals surface area contributed by atoms with Gasteiger partial charge in [-0.2, -0.15) is 0 Å². The van der Waals surface area contributed by atoms with Crippen molar-refractivity contribution in [2.75, 3.05) is 18.0 Å². The second kappa shape index (κ2) is 7.34. The van der Waals surface area contributed by atoms with Crippen molar-refractivity contribution in [3.8, 4) is 0 Å². The van der Waals surface area contributed by atoms with E-state index in [0.29, 0.717) is 6.42 Å². The van der Waals surface area contributed by atoms with E-state index in [1.54, 1.807) is 4.90 Å². The Bertz CT molecular complexity index is 606. The second-order valence-corrected chi connectivity index (χ2v) is 7.02. The van der Waals surface area contributed by atoms with E-state index >= 15 is 0 Å². The van der Waals surface area contributed by atoms with Crippen LogP contribution in [0.2, 0.25) is 0 Å². The molecule has 1 heterocycles. The maximum atomic E-state index is 12.3. The highest BCUT2D eigenvalue weighted by molar-refractivity contribution is 6.01. The summed E-state index contributed by atoms with van der Waals surface area (Å²) < 4.78 is 0. The molecular weight excluding hydrogens is 304 g/mol. The molecule has 0 atom stereocenters. The maximum Gasteiger partial charge on any atom is 0.240 e. The summed E-state index contributed by atoms with van der Waals surface area (Å²) in [5.74, 6) is -0.227. The van der Waals surface area contributed by atoms with Crippen LogP contribution in [0.1, 0.15) is 50.5 Å². The fraction of sp³-hybridized carbons (Fsp3) is 0.579. The molecule has 0 bridgehead atoms. The van der Waals surface area contributed by atoms with Crippen LogP contribution in [-0.4, -0.2) is 35.6 Å². The lowest BCUT2D eigenvalue weighted by molar-refractivity contribution is -0.124. The molecule has 0 aromatic heterocycles. The van der Waals surface area contributed by atoms with Crippen LogP contribution < -0.4 is 10.2 Å². The number of amides is 2. The Kier molecular flexibility index (Phi) is 5.19. The molecule has 0 spiro atoms. The van der Waals surface area contributed by atoms with E-state index in [9.17, 15) is 14.7 Å². The van der Waals surface area contributed by atoms with E-state index in [-0.39, 0.29) is 24.9 Å². The normalized spacial score (nSPS) is 20.2. The summed E-state index contributed by atoms with van der Waals surface area (Å²) in [6, 6.07) is 7.73. The van der Waals surface area contributed by atoms with Crippen molar-refractivity contribution in [3.63, 3.8) is 0 Å². The number of carbonyl (C=O) groups is 2. The second-order valence-electron chi connectivity index (χ2n) is 7.02. The Morgan fingerprint density at radius 3 is 2.58 bits per heavy atom. The summed E-state index contributed by atoms with van der Waals surface area (Å²) in [6.45, 7) is 0.293. The zero-order valence-corrected chi connectivity index (χ0v) is 14.1. The van der Waals surface area contributed by atoms with Gasteiger partial charge in [-0.3, -0.25) is 9.59 Å². The first kappa shape index (κ1) is 17.0. The topological polar surface area (TPSA) is 69.6 Å². The van der Waals surface area contributed by atoms with E-state index in [1.165, 1.54) is 0 Å². The smallest absolute Gasteiger partial charge is 0.240 e. The van der Waals surface area contributed by atoms with Crippen molar-refractivity contribution >= 4 is 17.5 Å². The molecule has 5 heteroatoms. The van der Waals surface area contributed by atoms with Gasteiger partial charge in [-0.1, -0.05) is 43.9 Å². The SMILES string of the molecule is O=C(CN1C(=O)CCc2ccccc21)NCC1(O)CCCCCC1. The average molecular weight is 330 g/mol. The number of rotatable bonds is 4. The number of carbonyl (C=O) groups excluding carboxylic acids is 2. The monoisotopic (exact) mass is 330 g/mol. The fourth-order valence-electron chi connectivity index (χ4n) is 3.70. The first-order valence-corrected chi connectivity index (χ1v) is 8.95. The van der Waals surface area contributed by atoms with Crippen LogP contribution in [0.15, 0.2) is 24.3 Å². The Labute approximate surface area is 143 Å². The van der Waals surface area contributed by atoms with Gasteiger partial charge in [0.15, 0.2) is 0 Å². The van der Waals surface area contributed by atoms with Crippen molar-refractivity contribution < 1.29 is 14.7 Å². The lowest BCUT2D eigenvalue weighted by atomic mass is 9.94. The van der Waals surface area contributed by atoms with E-state index in [4.69, 9.17) is 0 Å². The zero-order valence-electron chi connectivity index (χ0n) is 14.1.